The Kier molecular flexibility index (Phi) is 6.37. The van der Waals surface area contributed by atoms with Gasteiger partial charge in [-0.15, -0.1) is 0 Å². The molecular formula is C16H27NO. The van der Waals surface area contributed by atoms with Crippen LogP contribution in [0.25, 0.3) is 0 Å². The summed E-state index contributed by atoms with van der Waals surface area (Å²) < 4.78 is 5.69. The molecule has 2 heteroatoms. The van der Waals surface area contributed by atoms with Gasteiger partial charge in [0.15, 0.2) is 0 Å². The lowest BCUT2D eigenvalue weighted by molar-refractivity contribution is 0.0326. The highest BCUT2D eigenvalue weighted by Crippen LogP contribution is 2.24. The van der Waals surface area contributed by atoms with Crippen LogP contribution in [0.15, 0.2) is 24.3 Å². The van der Waals surface area contributed by atoms with Crippen LogP contribution in [-0.2, 0) is 4.74 Å². The van der Waals surface area contributed by atoms with Crippen LogP contribution in [-0.4, -0.2) is 19.8 Å². The largest absolute Gasteiger partial charge is 0.379 e. The second-order valence-corrected chi connectivity index (χ2v) is 5.29. The summed E-state index contributed by atoms with van der Waals surface area (Å²) in [5.41, 5.74) is 2.61. The van der Waals surface area contributed by atoms with E-state index in [-0.39, 0.29) is 12.1 Å². The van der Waals surface area contributed by atoms with Crippen LogP contribution in [0.3, 0.4) is 0 Å². The van der Waals surface area contributed by atoms with Crippen LogP contribution in [0.4, 0.5) is 0 Å². The summed E-state index contributed by atoms with van der Waals surface area (Å²) in [5, 5.41) is 3.61. The fourth-order valence-electron chi connectivity index (χ4n) is 2.29. The number of methoxy groups -OCH3 is 1. The minimum absolute atomic E-state index is 0.208. The topological polar surface area (TPSA) is 21.3 Å². The smallest absolute Gasteiger partial charge is 0.0788 e. The van der Waals surface area contributed by atoms with E-state index in [0.717, 1.165) is 13.0 Å². The van der Waals surface area contributed by atoms with Crippen molar-refractivity contribution in [1.29, 1.82) is 0 Å². The summed E-state index contributed by atoms with van der Waals surface area (Å²) in [4.78, 5) is 0. The van der Waals surface area contributed by atoms with Gasteiger partial charge in [-0.05, 0) is 31.4 Å². The third-order valence-electron chi connectivity index (χ3n) is 3.31. The Hall–Kier alpha value is -0.860. The molecule has 2 unspecified atom stereocenters. The summed E-state index contributed by atoms with van der Waals surface area (Å²) in [6, 6.07) is 9.02. The Morgan fingerprint density at radius 1 is 1.17 bits per heavy atom. The third kappa shape index (κ3) is 4.11. The van der Waals surface area contributed by atoms with Gasteiger partial charge in [0.05, 0.1) is 12.1 Å². The Morgan fingerprint density at radius 2 is 1.78 bits per heavy atom. The van der Waals surface area contributed by atoms with Gasteiger partial charge >= 0.3 is 0 Å². The Morgan fingerprint density at radius 3 is 2.22 bits per heavy atom. The number of hydrogen-bond acceptors (Lipinski definition) is 2. The standard InChI is InChI=1S/C16H27NO/c1-6-11-17-15(16(18-5)12(2)3)14-9-7-13(4)8-10-14/h7-10,12,15-17H,6,11H2,1-5H3. The van der Waals surface area contributed by atoms with Crippen LogP contribution in [0.1, 0.15) is 44.4 Å². The van der Waals surface area contributed by atoms with E-state index in [9.17, 15) is 0 Å². The zero-order chi connectivity index (χ0) is 13.5. The second kappa shape index (κ2) is 7.55. The quantitative estimate of drug-likeness (QED) is 0.795. The highest BCUT2D eigenvalue weighted by molar-refractivity contribution is 5.25. The van der Waals surface area contributed by atoms with Gasteiger partial charge < -0.3 is 10.1 Å². The predicted molar refractivity (Wildman–Crippen MR) is 77.8 cm³/mol. The molecule has 1 N–H and O–H groups in total. The molecule has 0 heterocycles. The molecule has 0 amide bonds. The van der Waals surface area contributed by atoms with Crippen LogP contribution in [0, 0.1) is 12.8 Å². The van der Waals surface area contributed by atoms with Crippen LogP contribution in [0.5, 0.6) is 0 Å². The van der Waals surface area contributed by atoms with Crippen LogP contribution in [0.2, 0.25) is 0 Å². The van der Waals surface area contributed by atoms with E-state index >= 15 is 0 Å². The van der Waals surface area contributed by atoms with Gasteiger partial charge in [-0.3, -0.25) is 0 Å². The molecule has 0 bridgehead atoms. The number of ether oxygens (including phenoxy) is 1. The van der Waals surface area contributed by atoms with E-state index in [4.69, 9.17) is 4.74 Å². The highest BCUT2D eigenvalue weighted by atomic mass is 16.5. The van der Waals surface area contributed by atoms with Gasteiger partial charge in [0.2, 0.25) is 0 Å². The van der Waals surface area contributed by atoms with E-state index in [1.807, 2.05) is 0 Å². The van der Waals surface area contributed by atoms with E-state index in [1.54, 1.807) is 7.11 Å². The van der Waals surface area contributed by atoms with Gasteiger partial charge in [-0.25, -0.2) is 0 Å². The summed E-state index contributed by atoms with van der Waals surface area (Å²) in [7, 11) is 1.81. The zero-order valence-electron chi connectivity index (χ0n) is 12.4. The lowest BCUT2D eigenvalue weighted by Crippen LogP contribution is -2.37. The maximum Gasteiger partial charge on any atom is 0.0788 e. The van der Waals surface area contributed by atoms with E-state index in [0.29, 0.717) is 5.92 Å². The zero-order valence-corrected chi connectivity index (χ0v) is 12.4. The van der Waals surface area contributed by atoms with Gasteiger partial charge in [-0.1, -0.05) is 50.6 Å². The number of nitrogens with one attached hydrogen (secondary N) is 1. The molecule has 0 spiro atoms. The number of aryl methyl sites for hydroxylation is 1. The van der Waals surface area contributed by atoms with Crippen molar-refractivity contribution in [3.63, 3.8) is 0 Å². The number of hydrogen-bond donors (Lipinski definition) is 1. The number of rotatable bonds is 7. The third-order valence-corrected chi connectivity index (χ3v) is 3.31. The summed E-state index contributed by atoms with van der Waals surface area (Å²) >= 11 is 0. The number of benzene rings is 1. The Labute approximate surface area is 112 Å². The van der Waals surface area contributed by atoms with Crippen molar-refractivity contribution in [2.45, 2.75) is 46.3 Å². The molecular weight excluding hydrogens is 222 g/mol. The maximum absolute atomic E-state index is 5.69. The van der Waals surface area contributed by atoms with E-state index < -0.39 is 0 Å². The molecule has 0 aliphatic rings. The van der Waals surface area contributed by atoms with Crippen molar-refractivity contribution in [3.8, 4) is 0 Å². The molecule has 2 nitrogen and oxygen atoms in total. The lowest BCUT2D eigenvalue weighted by atomic mass is 9.93. The van der Waals surface area contributed by atoms with Gasteiger partial charge in [0, 0.05) is 7.11 Å². The van der Waals surface area contributed by atoms with Gasteiger partial charge in [0.1, 0.15) is 0 Å². The first-order chi connectivity index (χ1) is 8.60. The minimum atomic E-state index is 0.208. The first-order valence-electron chi connectivity index (χ1n) is 6.92. The first-order valence-corrected chi connectivity index (χ1v) is 6.92. The molecule has 0 saturated heterocycles. The highest BCUT2D eigenvalue weighted by Gasteiger charge is 2.25. The van der Waals surface area contributed by atoms with Gasteiger partial charge in [-0.2, -0.15) is 0 Å². The molecule has 18 heavy (non-hydrogen) atoms. The first kappa shape index (κ1) is 15.2. The molecule has 0 radical (unpaired) electrons. The molecule has 0 saturated carbocycles. The molecule has 1 aromatic rings. The maximum atomic E-state index is 5.69. The average Bonchev–Trinajstić information content (AvgIpc) is 2.35. The SMILES string of the molecule is CCCNC(c1ccc(C)cc1)C(OC)C(C)C. The molecule has 1 aromatic carbocycles. The van der Waals surface area contributed by atoms with Crippen molar-refractivity contribution in [3.05, 3.63) is 35.4 Å². The normalized spacial score (nSPS) is 14.8. The summed E-state index contributed by atoms with van der Waals surface area (Å²) in [5.74, 6) is 0.491. The fourth-order valence-corrected chi connectivity index (χ4v) is 2.29. The average molecular weight is 249 g/mol. The monoisotopic (exact) mass is 249 g/mol. The van der Waals surface area contributed by atoms with Crippen molar-refractivity contribution in [2.75, 3.05) is 13.7 Å². The molecule has 2 atom stereocenters. The van der Waals surface area contributed by atoms with Gasteiger partial charge in [0.25, 0.3) is 0 Å². The molecule has 1 rings (SSSR count). The molecule has 0 fully saturated rings. The van der Waals surface area contributed by atoms with Crippen LogP contribution < -0.4 is 5.32 Å². The van der Waals surface area contributed by atoms with Crippen molar-refractivity contribution in [2.24, 2.45) is 5.92 Å². The molecule has 0 aliphatic carbocycles. The predicted octanol–water partition coefficient (Wildman–Crippen LogP) is 3.71. The van der Waals surface area contributed by atoms with Crippen molar-refractivity contribution in [1.82, 2.24) is 5.32 Å². The van der Waals surface area contributed by atoms with Crippen LogP contribution >= 0.6 is 0 Å². The summed E-state index contributed by atoms with van der Waals surface area (Å²) in [6.07, 6.45) is 1.34. The Balaban J connectivity index is 2.92. The fraction of sp³-hybridized carbons (Fsp3) is 0.625. The Bertz CT molecular complexity index is 331. The molecule has 102 valence electrons. The van der Waals surface area contributed by atoms with E-state index in [2.05, 4.69) is 57.3 Å². The minimum Gasteiger partial charge on any atom is -0.379 e. The second-order valence-electron chi connectivity index (χ2n) is 5.29. The molecule has 0 aromatic heterocycles. The lowest BCUT2D eigenvalue weighted by Gasteiger charge is -2.30. The van der Waals surface area contributed by atoms with E-state index in [1.165, 1.54) is 11.1 Å². The summed E-state index contributed by atoms with van der Waals surface area (Å²) in [6.45, 7) is 9.75. The van der Waals surface area contributed by atoms with Crippen molar-refractivity contribution < 1.29 is 4.74 Å². The van der Waals surface area contributed by atoms with Crippen molar-refractivity contribution >= 4 is 0 Å². The molecule has 0 aliphatic heterocycles.